The van der Waals surface area contributed by atoms with Crippen molar-refractivity contribution >= 4 is 5.91 Å². The molecule has 2 heterocycles. The molecule has 4 heteroatoms. The van der Waals surface area contributed by atoms with Gasteiger partial charge in [-0.1, -0.05) is 6.07 Å². The Balaban J connectivity index is 2.01. The molecule has 17 heavy (non-hydrogen) atoms. The van der Waals surface area contributed by atoms with Crippen LogP contribution in [-0.2, 0) is 6.54 Å². The Morgan fingerprint density at radius 1 is 1.24 bits per heavy atom. The third-order valence-electron chi connectivity index (χ3n) is 2.43. The Morgan fingerprint density at radius 2 is 2.00 bits per heavy atom. The van der Waals surface area contributed by atoms with Gasteiger partial charge in [0.05, 0.1) is 0 Å². The van der Waals surface area contributed by atoms with Gasteiger partial charge in [-0.3, -0.25) is 14.8 Å². The van der Waals surface area contributed by atoms with Crippen molar-refractivity contribution < 1.29 is 4.79 Å². The van der Waals surface area contributed by atoms with Crippen LogP contribution < -0.4 is 5.32 Å². The van der Waals surface area contributed by atoms with E-state index >= 15 is 0 Å². The number of aromatic nitrogens is 2. The summed E-state index contributed by atoms with van der Waals surface area (Å²) in [6, 6.07) is 7.42. The molecule has 0 fully saturated rings. The van der Waals surface area contributed by atoms with Crippen molar-refractivity contribution in [1.29, 1.82) is 0 Å². The number of nitrogens with zero attached hydrogens (tertiary/aromatic N) is 2. The summed E-state index contributed by atoms with van der Waals surface area (Å²) in [7, 11) is 0. The monoisotopic (exact) mass is 227 g/mol. The normalized spacial score (nSPS) is 9.94. The Hall–Kier alpha value is -2.23. The number of nitrogens with one attached hydrogen (secondary N) is 1. The van der Waals surface area contributed by atoms with E-state index < -0.39 is 0 Å². The summed E-state index contributed by atoms with van der Waals surface area (Å²) < 4.78 is 0. The Morgan fingerprint density at radius 3 is 2.71 bits per heavy atom. The topological polar surface area (TPSA) is 54.9 Å². The molecule has 0 radical (unpaired) electrons. The van der Waals surface area contributed by atoms with Gasteiger partial charge in [0, 0.05) is 25.1 Å². The molecule has 2 aromatic rings. The average Bonchev–Trinajstić information content (AvgIpc) is 2.38. The maximum atomic E-state index is 11.8. The molecule has 0 aliphatic carbocycles. The number of aryl methyl sites for hydroxylation is 1. The van der Waals surface area contributed by atoms with Crippen LogP contribution in [0.4, 0.5) is 0 Å². The number of pyridine rings is 2. The number of rotatable bonds is 3. The van der Waals surface area contributed by atoms with Crippen LogP contribution in [0.25, 0.3) is 0 Å². The molecule has 2 aromatic heterocycles. The quantitative estimate of drug-likeness (QED) is 0.868. The number of hydrogen-bond donors (Lipinski definition) is 1. The fraction of sp³-hybridized carbons (Fsp3) is 0.154. The molecule has 0 aliphatic rings. The highest BCUT2D eigenvalue weighted by atomic mass is 16.1. The predicted molar refractivity (Wildman–Crippen MR) is 64.4 cm³/mol. The van der Waals surface area contributed by atoms with E-state index in [1.165, 1.54) is 0 Å². The molecular formula is C13H13N3O. The summed E-state index contributed by atoms with van der Waals surface area (Å²) in [5, 5.41) is 2.83. The molecule has 2 rings (SSSR count). The summed E-state index contributed by atoms with van der Waals surface area (Å²) in [6.07, 6.45) is 5.02. The van der Waals surface area contributed by atoms with E-state index in [0.29, 0.717) is 12.2 Å². The third-order valence-corrected chi connectivity index (χ3v) is 2.43. The van der Waals surface area contributed by atoms with Gasteiger partial charge in [-0.05, 0) is 36.2 Å². The molecule has 0 bridgehead atoms. The highest BCUT2D eigenvalue weighted by molar-refractivity contribution is 5.93. The van der Waals surface area contributed by atoms with Crippen LogP contribution in [0, 0.1) is 6.92 Å². The summed E-state index contributed by atoms with van der Waals surface area (Å²) in [5.41, 5.74) is 2.36. The van der Waals surface area contributed by atoms with Crippen LogP contribution in [0.2, 0.25) is 0 Å². The van der Waals surface area contributed by atoms with E-state index in [1.54, 1.807) is 18.6 Å². The van der Waals surface area contributed by atoms with Crippen molar-refractivity contribution in [1.82, 2.24) is 15.3 Å². The molecule has 1 N–H and O–H groups in total. The number of carbonyl (C=O) groups is 1. The van der Waals surface area contributed by atoms with Gasteiger partial charge in [0.25, 0.3) is 5.91 Å². The van der Waals surface area contributed by atoms with E-state index in [4.69, 9.17) is 0 Å². The molecule has 0 saturated carbocycles. The molecule has 0 saturated heterocycles. The van der Waals surface area contributed by atoms with Crippen molar-refractivity contribution in [3.05, 3.63) is 59.7 Å². The van der Waals surface area contributed by atoms with Gasteiger partial charge in [-0.2, -0.15) is 0 Å². The average molecular weight is 227 g/mol. The summed E-state index contributed by atoms with van der Waals surface area (Å²) in [4.78, 5) is 19.8. The lowest BCUT2D eigenvalue weighted by Gasteiger charge is -2.06. The zero-order valence-corrected chi connectivity index (χ0v) is 9.55. The Labute approximate surface area is 99.7 Å². The van der Waals surface area contributed by atoms with Gasteiger partial charge in [-0.25, -0.2) is 0 Å². The maximum Gasteiger partial charge on any atom is 0.270 e. The first-order valence-corrected chi connectivity index (χ1v) is 5.36. The molecule has 0 atom stereocenters. The lowest BCUT2D eigenvalue weighted by Crippen LogP contribution is -2.24. The zero-order valence-electron chi connectivity index (χ0n) is 9.55. The van der Waals surface area contributed by atoms with Crippen LogP contribution >= 0.6 is 0 Å². The minimum atomic E-state index is -0.153. The largest absolute Gasteiger partial charge is 0.347 e. The van der Waals surface area contributed by atoms with Gasteiger partial charge in [0.1, 0.15) is 5.69 Å². The Bertz CT molecular complexity index is 511. The van der Waals surface area contributed by atoms with Crippen LogP contribution in [0.1, 0.15) is 21.6 Å². The standard InChI is InChI=1S/C13H13N3O/c1-10-3-2-6-15-12(10)13(17)16-9-11-4-7-14-8-5-11/h2-8H,9H2,1H3,(H,16,17). The van der Waals surface area contributed by atoms with Crippen molar-refractivity contribution in [2.45, 2.75) is 13.5 Å². The first-order chi connectivity index (χ1) is 8.27. The zero-order chi connectivity index (χ0) is 12.1. The van der Waals surface area contributed by atoms with E-state index in [1.807, 2.05) is 31.2 Å². The SMILES string of the molecule is Cc1cccnc1C(=O)NCc1ccncc1. The number of amides is 1. The predicted octanol–water partition coefficient (Wildman–Crippen LogP) is 1.72. The van der Waals surface area contributed by atoms with Crippen molar-refractivity contribution in [2.75, 3.05) is 0 Å². The van der Waals surface area contributed by atoms with Gasteiger partial charge >= 0.3 is 0 Å². The first kappa shape index (κ1) is 11.3. The van der Waals surface area contributed by atoms with E-state index in [9.17, 15) is 4.79 Å². The van der Waals surface area contributed by atoms with Crippen LogP contribution in [-0.4, -0.2) is 15.9 Å². The summed E-state index contributed by atoms with van der Waals surface area (Å²) >= 11 is 0. The van der Waals surface area contributed by atoms with Crippen molar-refractivity contribution in [2.24, 2.45) is 0 Å². The highest BCUT2D eigenvalue weighted by Gasteiger charge is 2.08. The third kappa shape index (κ3) is 2.87. The molecule has 0 aliphatic heterocycles. The van der Waals surface area contributed by atoms with Gasteiger partial charge < -0.3 is 5.32 Å². The van der Waals surface area contributed by atoms with Gasteiger partial charge in [0.15, 0.2) is 0 Å². The fourth-order valence-electron chi connectivity index (χ4n) is 1.49. The second-order valence-corrected chi connectivity index (χ2v) is 3.71. The molecule has 0 spiro atoms. The van der Waals surface area contributed by atoms with Crippen molar-refractivity contribution in [3.63, 3.8) is 0 Å². The van der Waals surface area contributed by atoms with Crippen LogP contribution in [0.15, 0.2) is 42.9 Å². The highest BCUT2D eigenvalue weighted by Crippen LogP contribution is 2.03. The van der Waals surface area contributed by atoms with E-state index in [-0.39, 0.29) is 5.91 Å². The minimum Gasteiger partial charge on any atom is -0.347 e. The van der Waals surface area contributed by atoms with Crippen LogP contribution in [0.3, 0.4) is 0 Å². The lowest BCUT2D eigenvalue weighted by molar-refractivity contribution is 0.0945. The van der Waals surface area contributed by atoms with E-state index in [2.05, 4.69) is 15.3 Å². The molecule has 0 aromatic carbocycles. The number of hydrogen-bond acceptors (Lipinski definition) is 3. The minimum absolute atomic E-state index is 0.153. The summed E-state index contributed by atoms with van der Waals surface area (Å²) in [5.74, 6) is -0.153. The summed E-state index contributed by atoms with van der Waals surface area (Å²) in [6.45, 7) is 2.35. The van der Waals surface area contributed by atoms with Crippen LogP contribution in [0.5, 0.6) is 0 Å². The van der Waals surface area contributed by atoms with E-state index in [0.717, 1.165) is 11.1 Å². The lowest BCUT2D eigenvalue weighted by atomic mass is 10.2. The van der Waals surface area contributed by atoms with Gasteiger partial charge in [-0.15, -0.1) is 0 Å². The second-order valence-electron chi connectivity index (χ2n) is 3.71. The fourth-order valence-corrected chi connectivity index (χ4v) is 1.49. The van der Waals surface area contributed by atoms with Gasteiger partial charge in [0.2, 0.25) is 0 Å². The Kier molecular flexibility index (Phi) is 3.45. The molecular weight excluding hydrogens is 214 g/mol. The molecule has 0 unspecified atom stereocenters. The maximum absolute atomic E-state index is 11.8. The molecule has 86 valence electrons. The second kappa shape index (κ2) is 5.21. The molecule has 4 nitrogen and oxygen atoms in total. The first-order valence-electron chi connectivity index (χ1n) is 5.36. The smallest absolute Gasteiger partial charge is 0.270 e. The molecule has 1 amide bonds. The van der Waals surface area contributed by atoms with Crippen molar-refractivity contribution in [3.8, 4) is 0 Å². The number of carbonyl (C=O) groups excluding carboxylic acids is 1.